The van der Waals surface area contributed by atoms with Gasteiger partial charge in [-0.15, -0.1) is 23.1 Å². The molecule has 11 heteroatoms. The minimum atomic E-state index is -4.62. The summed E-state index contributed by atoms with van der Waals surface area (Å²) in [5.74, 6) is -0.738. The Kier molecular flexibility index (Phi) is 7.48. The molecule has 0 saturated carbocycles. The molecule has 4 aromatic rings. The topological polar surface area (TPSA) is 76.1 Å². The summed E-state index contributed by atoms with van der Waals surface area (Å²) in [6.45, 7) is 0.210. The van der Waals surface area contributed by atoms with Crippen molar-refractivity contribution < 1.29 is 26.4 Å². The third kappa shape index (κ3) is 6.03. The molecule has 0 bridgehead atoms. The zero-order valence-corrected chi connectivity index (χ0v) is 20.5. The summed E-state index contributed by atoms with van der Waals surface area (Å²) < 4.78 is 66.0. The number of fused-ring (bicyclic) bond motifs is 1. The van der Waals surface area contributed by atoms with E-state index in [-0.39, 0.29) is 44.4 Å². The van der Waals surface area contributed by atoms with Gasteiger partial charge in [0.2, 0.25) is 0 Å². The zero-order valence-electron chi connectivity index (χ0n) is 18.1. The first-order valence-electron chi connectivity index (χ1n) is 10.4. The van der Waals surface area contributed by atoms with Crippen molar-refractivity contribution in [3.05, 3.63) is 88.1 Å². The largest absolute Gasteiger partial charge is 0.417 e. The van der Waals surface area contributed by atoms with E-state index in [1.807, 2.05) is 17.5 Å². The van der Waals surface area contributed by atoms with Crippen LogP contribution in [0, 0.1) is 0 Å². The van der Waals surface area contributed by atoms with Crippen LogP contribution in [-0.4, -0.2) is 30.8 Å². The number of nitrogens with zero attached hydrogens (tertiary/aromatic N) is 1. The van der Waals surface area contributed by atoms with Crippen molar-refractivity contribution in [3.8, 4) is 0 Å². The van der Waals surface area contributed by atoms with E-state index in [0.717, 1.165) is 22.7 Å². The van der Waals surface area contributed by atoms with Gasteiger partial charge in [-0.05, 0) is 41.8 Å². The van der Waals surface area contributed by atoms with Crippen LogP contribution in [0.3, 0.4) is 0 Å². The maximum absolute atomic E-state index is 13.6. The number of amides is 1. The number of alkyl halides is 3. The van der Waals surface area contributed by atoms with Crippen molar-refractivity contribution in [3.63, 3.8) is 0 Å². The Hall–Kier alpha value is -2.89. The fourth-order valence-electron chi connectivity index (χ4n) is 3.37. The van der Waals surface area contributed by atoms with Gasteiger partial charge in [0.05, 0.1) is 33.8 Å². The Labute approximate surface area is 208 Å². The molecule has 0 fully saturated rings. The van der Waals surface area contributed by atoms with E-state index in [0.29, 0.717) is 0 Å². The molecule has 182 valence electrons. The van der Waals surface area contributed by atoms with Crippen molar-refractivity contribution in [2.75, 3.05) is 11.5 Å². The van der Waals surface area contributed by atoms with Gasteiger partial charge >= 0.3 is 6.18 Å². The second-order valence-electron chi connectivity index (χ2n) is 7.45. The molecule has 4 rings (SSSR count). The van der Waals surface area contributed by atoms with Gasteiger partial charge in [-0.25, -0.2) is 13.4 Å². The predicted molar refractivity (Wildman–Crippen MR) is 131 cm³/mol. The Morgan fingerprint density at radius 3 is 2.49 bits per heavy atom. The molecule has 35 heavy (non-hydrogen) atoms. The third-order valence-electron chi connectivity index (χ3n) is 5.07. The lowest BCUT2D eigenvalue weighted by Gasteiger charge is -2.14. The minimum Gasteiger partial charge on any atom is -0.347 e. The standard InChI is InChI=1S/C24H19F3N2O3S3/c25-24(26,27)20-9-4-10-21-18(20)14-19(22(30)28-15-16-6-5-11-33-16)23(29-21)34-12-13-35(31,32)17-7-2-1-3-8-17/h1-11,14H,12-13,15H2,(H,28,30). The summed E-state index contributed by atoms with van der Waals surface area (Å²) in [5, 5.41) is 4.54. The minimum absolute atomic E-state index is 0.0344. The molecule has 0 aliphatic rings. The van der Waals surface area contributed by atoms with Gasteiger partial charge in [0, 0.05) is 16.0 Å². The lowest BCUT2D eigenvalue weighted by atomic mass is 10.1. The summed E-state index contributed by atoms with van der Waals surface area (Å²) >= 11 is 2.45. The number of sulfone groups is 1. The molecule has 5 nitrogen and oxygen atoms in total. The highest BCUT2D eigenvalue weighted by Crippen LogP contribution is 2.36. The fourth-order valence-corrected chi connectivity index (χ4v) is 6.69. The van der Waals surface area contributed by atoms with E-state index in [1.165, 1.54) is 41.7 Å². The molecule has 0 aliphatic carbocycles. The number of carbonyl (C=O) groups is 1. The number of thiophene rings is 1. The Morgan fingerprint density at radius 1 is 1.03 bits per heavy atom. The van der Waals surface area contributed by atoms with Crippen LogP contribution in [-0.2, 0) is 22.6 Å². The quantitative estimate of drug-likeness (QED) is 0.288. The number of benzene rings is 2. The van der Waals surface area contributed by atoms with Crippen LogP contribution < -0.4 is 5.32 Å². The number of hydrogen-bond donors (Lipinski definition) is 1. The number of aromatic nitrogens is 1. The molecule has 2 aromatic carbocycles. The average Bonchev–Trinajstić information content (AvgIpc) is 3.35. The SMILES string of the molecule is O=C(NCc1cccs1)c1cc2c(C(F)(F)F)cccc2nc1SCCS(=O)(=O)c1ccccc1. The van der Waals surface area contributed by atoms with Gasteiger partial charge in [0.1, 0.15) is 5.03 Å². The van der Waals surface area contributed by atoms with E-state index in [4.69, 9.17) is 0 Å². The van der Waals surface area contributed by atoms with Crippen molar-refractivity contribution in [2.45, 2.75) is 22.6 Å². The highest BCUT2D eigenvalue weighted by atomic mass is 32.2. The normalized spacial score (nSPS) is 12.1. The molecule has 1 N–H and O–H groups in total. The van der Waals surface area contributed by atoms with Gasteiger partial charge < -0.3 is 5.32 Å². The first-order valence-corrected chi connectivity index (χ1v) is 13.9. The molecule has 2 heterocycles. The molecule has 1 amide bonds. The van der Waals surface area contributed by atoms with Crippen LogP contribution in [0.4, 0.5) is 13.2 Å². The molecular weight excluding hydrogens is 517 g/mol. The number of nitrogens with one attached hydrogen (secondary N) is 1. The van der Waals surface area contributed by atoms with E-state index < -0.39 is 27.5 Å². The lowest BCUT2D eigenvalue weighted by Crippen LogP contribution is -2.23. The van der Waals surface area contributed by atoms with Crippen molar-refractivity contribution in [2.24, 2.45) is 0 Å². The average molecular weight is 537 g/mol. The first kappa shape index (κ1) is 25.2. The molecule has 0 aliphatic heterocycles. The summed E-state index contributed by atoms with van der Waals surface area (Å²) in [7, 11) is -3.57. The molecule has 0 radical (unpaired) electrons. The molecule has 2 aromatic heterocycles. The van der Waals surface area contributed by atoms with Gasteiger partial charge in [-0.1, -0.05) is 30.3 Å². The maximum atomic E-state index is 13.6. The zero-order chi connectivity index (χ0) is 25.1. The van der Waals surface area contributed by atoms with E-state index in [9.17, 15) is 26.4 Å². The van der Waals surface area contributed by atoms with Gasteiger partial charge in [-0.2, -0.15) is 13.2 Å². The van der Waals surface area contributed by atoms with E-state index >= 15 is 0 Å². The van der Waals surface area contributed by atoms with Crippen LogP contribution in [0.25, 0.3) is 10.9 Å². The highest BCUT2D eigenvalue weighted by Gasteiger charge is 2.33. The fraction of sp³-hybridized carbons (Fsp3) is 0.167. The Balaban J connectivity index is 1.64. The van der Waals surface area contributed by atoms with E-state index in [1.54, 1.807) is 18.2 Å². The van der Waals surface area contributed by atoms with Crippen LogP contribution in [0.15, 0.2) is 82.0 Å². The Morgan fingerprint density at radius 2 is 1.80 bits per heavy atom. The van der Waals surface area contributed by atoms with Gasteiger partial charge in [-0.3, -0.25) is 4.79 Å². The smallest absolute Gasteiger partial charge is 0.347 e. The Bertz CT molecular complexity index is 1440. The second kappa shape index (κ2) is 10.4. The second-order valence-corrected chi connectivity index (χ2v) is 11.7. The van der Waals surface area contributed by atoms with Crippen LogP contribution >= 0.6 is 23.1 Å². The van der Waals surface area contributed by atoms with Crippen molar-refractivity contribution in [1.82, 2.24) is 10.3 Å². The van der Waals surface area contributed by atoms with Crippen molar-refractivity contribution >= 4 is 49.7 Å². The molecule has 0 spiro atoms. The number of hydrogen-bond acceptors (Lipinski definition) is 6. The number of halogens is 3. The van der Waals surface area contributed by atoms with E-state index in [2.05, 4.69) is 10.3 Å². The molecule has 0 atom stereocenters. The number of carbonyl (C=O) groups excluding carboxylic acids is 1. The number of thioether (sulfide) groups is 1. The van der Waals surface area contributed by atoms with Gasteiger partial charge in [0.15, 0.2) is 9.84 Å². The summed E-state index contributed by atoms with van der Waals surface area (Å²) in [5.41, 5.74) is -0.853. The number of rotatable bonds is 8. The molecule has 0 unspecified atom stereocenters. The monoisotopic (exact) mass is 536 g/mol. The maximum Gasteiger partial charge on any atom is 0.417 e. The lowest BCUT2D eigenvalue weighted by molar-refractivity contribution is -0.136. The summed E-state index contributed by atoms with van der Waals surface area (Å²) in [6.07, 6.45) is -4.62. The van der Waals surface area contributed by atoms with Crippen LogP contribution in [0.1, 0.15) is 20.8 Å². The van der Waals surface area contributed by atoms with Crippen LogP contribution in [0.2, 0.25) is 0 Å². The number of pyridine rings is 1. The molecule has 0 saturated heterocycles. The third-order valence-corrected chi connectivity index (χ3v) is 8.93. The van der Waals surface area contributed by atoms with Crippen molar-refractivity contribution in [1.29, 1.82) is 0 Å². The predicted octanol–water partition coefficient (Wildman–Crippen LogP) is 5.81. The summed E-state index contributed by atoms with van der Waals surface area (Å²) in [4.78, 5) is 18.4. The van der Waals surface area contributed by atoms with Gasteiger partial charge in [0.25, 0.3) is 5.91 Å². The molecular formula is C24H19F3N2O3S3. The summed E-state index contributed by atoms with van der Waals surface area (Å²) in [6, 6.07) is 16.4. The highest BCUT2D eigenvalue weighted by molar-refractivity contribution is 8.00. The van der Waals surface area contributed by atoms with Crippen LogP contribution in [0.5, 0.6) is 0 Å². The first-order chi connectivity index (χ1) is 16.6.